The van der Waals surface area contributed by atoms with Crippen LogP contribution in [0.15, 0.2) is 35.2 Å². The zero-order valence-electron chi connectivity index (χ0n) is 14.7. The SMILES string of the molecule is COc1ccc(C(=O)c2cc(S(=O)(=O)O)c(OC)cc2O)c(O)c1.[H-].[K+]. The van der Waals surface area contributed by atoms with Gasteiger partial charge in [0, 0.05) is 12.1 Å². The molecular formula is C15H15KO8S. The molecule has 10 heteroatoms. The summed E-state index contributed by atoms with van der Waals surface area (Å²) in [5.74, 6) is -1.85. The molecule has 0 aliphatic carbocycles. The molecule has 0 saturated carbocycles. The maximum atomic E-state index is 12.5. The largest absolute Gasteiger partial charge is 1.00 e. The fraction of sp³-hybridized carbons (Fsp3) is 0.133. The molecule has 0 aromatic heterocycles. The van der Waals surface area contributed by atoms with Gasteiger partial charge in [-0.05, 0) is 18.2 Å². The zero-order valence-corrected chi connectivity index (χ0v) is 17.6. The number of rotatable bonds is 5. The monoisotopic (exact) mass is 394 g/mol. The molecule has 0 unspecified atom stereocenters. The van der Waals surface area contributed by atoms with Crippen LogP contribution in [-0.4, -0.2) is 43.2 Å². The van der Waals surface area contributed by atoms with E-state index in [9.17, 15) is 28.0 Å². The van der Waals surface area contributed by atoms with Crippen molar-refractivity contribution in [2.45, 2.75) is 4.90 Å². The number of phenolic OH excluding ortho intramolecular Hbond substituents is 2. The van der Waals surface area contributed by atoms with Gasteiger partial charge in [-0.3, -0.25) is 9.35 Å². The van der Waals surface area contributed by atoms with Gasteiger partial charge in [-0.15, -0.1) is 0 Å². The third-order valence-electron chi connectivity index (χ3n) is 3.25. The Balaban J connectivity index is 0.00000312. The molecule has 0 amide bonds. The fourth-order valence-electron chi connectivity index (χ4n) is 2.07. The van der Waals surface area contributed by atoms with Crippen LogP contribution in [0.4, 0.5) is 0 Å². The maximum absolute atomic E-state index is 12.5. The molecule has 0 aliphatic rings. The standard InChI is InChI=1S/C15H14O8S.K.H/c1-22-8-3-4-9(11(16)5-8)15(18)10-6-14(24(19,20)21)13(23-2)7-12(10)17;;/h3-7,16-17H,1-2H3,(H,19,20,21);;/q;+1;-1. The number of hydrogen-bond donors (Lipinski definition) is 3. The Labute approximate surface area is 188 Å². The summed E-state index contributed by atoms with van der Waals surface area (Å²) in [6, 6.07) is 5.52. The van der Waals surface area contributed by atoms with Gasteiger partial charge in [0.2, 0.25) is 5.78 Å². The summed E-state index contributed by atoms with van der Waals surface area (Å²) in [6.45, 7) is 0. The number of aromatic hydroxyl groups is 2. The van der Waals surface area contributed by atoms with E-state index in [-0.39, 0.29) is 64.1 Å². The number of phenols is 2. The van der Waals surface area contributed by atoms with Gasteiger partial charge < -0.3 is 21.1 Å². The Morgan fingerprint density at radius 1 is 1.00 bits per heavy atom. The van der Waals surface area contributed by atoms with Crippen molar-refractivity contribution in [1.82, 2.24) is 0 Å². The predicted octanol–water partition coefficient (Wildman–Crippen LogP) is -1.29. The number of hydrogen-bond acceptors (Lipinski definition) is 7. The number of ketones is 1. The molecule has 0 saturated heterocycles. The summed E-state index contributed by atoms with van der Waals surface area (Å²) < 4.78 is 41.7. The van der Waals surface area contributed by atoms with E-state index in [1.165, 1.54) is 25.3 Å². The molecule has 0 atom stereocenters. The molecule has 2 rings (SSSR count). The summed E-state index contributed by atoms with van der Waals surface area (Å²) in [7, 11) is -2.17. The molecule has 130 valence electrons. The topological polar surface area (TPSA) is 130 Å². The molecule has 0 bridgehead atoms. The number of methoxy groups -OCH3 is 2. The van der Waals surface area contributed by atoms with Gasteiger partial charge in [-0.25, -0.2) is 0 Å². The van der Waals surface area contributed by atoms with E-state index in [0.717, 1.165) is 19.2 Å². The first-order valence-electron chi connectivity index (χ1n) is 6.49. The van der Waals surface area contributed by atoms with E-state index in [1.54, 1.807) is 0 Å². The van der Waals surface area contributed by atoms with Crippen LogP contribution in [0, 0.1) is 0 Å². The minimum Gasteiger partial charge on any atom is -1.00 e. The van der Waals surface area contributed by atoms with E-state index in [0.29, 0.717) is 5.75 Å². The minimum absolute atomic E-state index is 0. The van der Waals surface area contributed by atoms with E-state index in [4.69, 9.17) is 9.47 Å². The molecular weight excluding hydrogens is 379 g/mol. The minimum atomic E-state index is -4.69. The molecule has 0 radical (unpaired) electrons. The molecule has 3 N–H and O–H groups in total. The third-order valence-corrected chi connectivity index (χ3v) is 4.13. The van der Waals surface area contributed by atoms with Crippen LogP contribution < -0.4 is 60.9 Å². The maximum Gasteiger partial charge on any atom is 1.00 e. The summed E-state index contributed by atoms with van der Waals surface area (Å²) in [6.07, 6.45) is 0. The first-order valence-corrected chi connectivity index (χ1v) is 7.93. The first kappa shape index (κ1) is 21.9. The van der Waals surface area contributed by atoms with Crippen LogP contribution in [0.5, 0.6) is 23.0 Å². The van der Waals surface area contributed by atoms with Crippen molar-refractivity contribution >= 4 is 15.9 Å². The van der Waals surface area contributed by atoms with Gasteiger partial charge in [0.05, 0.1) is 25.3 Å². The summed E-state index contributed by atoms with van der Waals surface area (Å²) >= 11 is 0. The smallest absolute Gasteiger partial charge is 1.00 e. The Morgan fingerprint density at radius 2 is 1.60 bits per heavy atom. The summed E-state index contributed by atoms with van der Waals surface area (Å²) in [4.78, 5) is 11.8. The van der Waals surface area contributed by atoms with Crippen LogP contribution >= 0.6 is 0 Å². The molecule has 2 aromatic rings. The van der Waals surface area contributed by atoms with Gasteiger partial charge in [-0.2, -0.15) is 8.42 Å². The van der Waals surface area contributed by atoms with Crippen LogP contribution in [-0.2, 0) is 10.1 Å². The zero-order chi connectivity index (χ0) is 18.1. The van der Waals surface area contributed by atoms with E-state index in [2.05, 4.69) is 0 Å². The van der Waals surface area contributed by atoms with Crippen molar-refractivity contribution < 1.29 is 90.3 Å². The average molecular weight is 394 g/mol. The predicted molar refractivity (Wildman–Crippen MR) is 83.7 cm³/mol. The Bertz CT molecular complexity index is 914. The first-order chi connectivity index (χ1) is 11.2. The molecule has 0 aliphatic heterocycles. The quantitative estimate of drug-likeness (QED) is 0.324. The van der Waals surface area contributed by atoms with Gasteiger partial charge in [0.15, 0.2) is 0 Å². The normalized spacial score (nSPS) is 10.7. The van der Waals surface area contributed by atoms with E-state index >= 15 is 0 Å². The molecule has 25 heavy (non-hydrogen) atoms. The van der Waals surface area contributed by atoms with Crippen molar-refractivity contribution in [3.63, 3.8) is 0 Å². The Hall–Kier alpha value is -1.14. The van der Waals surface area contributed by atoms with Crippen LogP contribution in [0.25, 0.3) is 0 Å². The number of carbonyl (C=O) groups is 1. The molecule has 0 fully saturated rings. The van der Waals surface area contributed by atoms with Crippen molar-refractivity contribution in [1.29, 1.82) is 0 Å². The van der Waals surface area contributed by atoms with Crippen LogP contribution in [0.2, 0.25) is 0 Å². The fourth-order valence-corrected chi connectivity index (χ4v) is 2.73. The molecule has 0 spiro atoms. The van der Waals surface area contributed by atoms with Gasteiger partial charge in [-0.1, -0.05) is 0 Å². The second kappa shape index (κ2) is 8.49. The third kappa shape index (κ3) is 4.73. The number of carbonyl (C=O) groups excluding carboxylic acids is 1. The molecule has 8 nitrogen and oxygen atoms in total. The number of benzene rings is 2. The Morgan fingerprint density at radius 3 is 2.08 bits per heavy atom. The molecule has 2 aromatic carbocycles. The van der Waals surface area contributed by atoms with Crippen LogP contribution in [0.3, 0.4) is 0 Å². The average Bonchev–Trinajstić information content (AvgIpc) is 2.52. The second-order valence-electron chi connectivity index (χ2n) is 4.71. The Kier molecular flexibility index (Phi) is 7.44. The van der Waals surface area contributed by atoms with Crippen molar-refractivity contribution in [3.05, 3.63) is 41.5 Å². The van der Waals surface area contributed by atoms with E-state index < -0.39 is 37.9 Å². The second-order valence-corrected chi connectivity index (χ2v) is 6.10. The molecule has 0 heterocycles. The summed E-state index contributed by atoms with van der Waals surface area (Å²) in [5.41, 5.74) is -0.610. The van der Waals surface area contributed by atoms with Crippen molar-refractivity contribution in [3.8, 4) is 23.0 Å². The summed E-state index contributed by atoms with van der Waals surface area (Å²) in [5, 5.41) is 19.9. The number of ether oxygens (including phenoxy) is 2. The van der Waals surface area contributed by atoms with Gasteiger partial charge in [0.25, 0.3) is 10.1 Å². The van der Waals surface area contributed by atoms with Crippen LogP contribution in [0.1, 0.15) is 17.3 Å². The van der Waals surface area contributed by atoms with Crippen molar-refractivity contribution in [2.24, 2.45) is 0 Å². The van der Waals surface area contributed by atoms with Gasteiger partial charge >= 0.3 is 51.4 Å². The van der Waals surface area contributed by atoms with E-state index in [1.807, 2.05) is 0 Å². The van der Waals surface area contributed by atoms with Crippen molar-refractivity contribution in [2.75, 3.05) is 14.2 Å². The van der Waals surface area contributed by atoms with Gasteiger partial charge in [0.1, 0.15) is 27.9 Å².